The Bertz CT molecular complexity index is 1200. The van der Waals surface area contributed by atoms with E-state index in [-0.39, 0.29) is 0 Å². The van der Waals surface area contributed by atoms with Crippen molar-refractivity contribution in [3.63, 3.8) is 0 Å². The highest BCUT2D eigenvalue weighted by Gasteiger charge is 2.33. The van der Waals surface area contributed by atoms with Gasteiger partial charge in [-0.15, -0.1) is 0 Å². The van der Waals surface area contributed by atoms with Crippen molar-refractivity contribution < 1.29 is 18.1 Å². The SMILES string of the molecule is CCc1ccc(OP(=O)(Oc2cccc(C)c2)Oc2cccc3ccccc23)cc1. The Morgan fingerprint density at radius 3 is 2.20 bits per heavy atom. The third-order valence-corrected chi connectivity index (χ3v) is 6.00. The van der Waals surface area contributed by atoms with Gasteiger partial charge in [-0.05, 0) is 60.2 Å². The largest absolute Gasteiger partial charge is 0.647 e. The molecule has 4 rings (SSSR count). The maximum Gasteiger partial charge on any atom is 0.647 e. The van der Waals surface area contributed by atoms with Gasteiger partial charge in [0.15, 0.2) is 0 Å². The fourth-order valence-electron chi connectivity index (χ4n) is 3.17. The molecule has 0 spiro atoms. The van der Waals surface area contributed by atoms with E-state index in [1.165, 1.54) is 0 Å². The zero-order valence-corrected chi connectivity index (χ0v) is 17.8. The van der Waals surface area contributed by atoms with E-state index >= 15 is 0 Å². The van der Waals surface area contributed by atoms with Gasteiger partial charge in [-0.1, -0.05) is 67.6 Å². The lowest BCUT2D eigenvalue weighted by atomic mass is 10.1. The van der Waals surface area contributed by atoms with Crippen LogP contribution >= 0.6 is 7.82 Å². The summed E-state index contributed by atoms with van der Waals surface area (Å²) < 4.78 is 31.3. The van der Waals surface area contributed by atoms with Gasteiger partial charge in [0.2, 0.25) is 0 Å². The standard InChI is InChI=1S/C25H23O4P/c1-3-20-14-16-22(17-15-20)27-30(26,28-23-11-6-8-19(2)18-23)29-25-13-7-10-21-9-4-5-12-24(21)25/h4-18H,3H2,1-2H3. The molecule has 152 valence electrons. The molecule has 0 aromatic heterocycles. The summed E-state index contributed by atoms with van der Waals surface area (Å²) in [4.78, 5) is 0. The van der Waals surface area contributed by atoms with Crippen LogP contribution in [-0.4, -0.2) is 0 Å². The summed E-state index contributed by atoms with van der Waals surface area (Å²) in [6.07, 6.45) is 0.907. The Kier molecular flexibility index (Phi) is 5.78. The van der Waals surface area contributed by atoms with Crippen molar-refractivity contribution in [1.82, 2.24) is 0 Å². The fourth-order valence-corrected chi connectivity index (χ4v) is 4.43. The molecule has 0 bridgehead atoms. The third kappa shape index (κ3) is 4.67. The summed E-state index contributed by atoms with van der Waals surface area (Å²) in [6, 6.07) is 28.0. The van der Waals surface area contributed by atoms with Crippen LogP contribution < -0.4 is 13.6 Å². The molecule has 0 saturated heterocycles. The molecule has 0 aliphatic rings. The Morgan fingerprint density at radius 2 is 1.43 bits per heavy atom. The van der Waals surface area contributed by atoms with Crippen molar-refractivity contribution in [2.75, 3.05) is 0 Å². The molecule has 0 amide bonds. The Hall–Kier alpha value is -3.23. The van der Waals surface area contributed by atoms with E-state index in [1.807, 2.05) is 67.6 Å². The Labute approximate surface area is 176 Å². The van der Waals surface area contributed by atoms with Gasteiger partial charge in [0, 0.05) is 5.39 Å². The molecule has 0 heterocycles. The van der Waals surface area contributed by atoms with E-state index in [1.54, 1.807) is 30.3 Å². The highest BCUT2D eigenvalue weighted by molar-refractivity contribution is 7.49. The van der Waals surface area contributed by atoms with Gasteiger partial charge < -0.3 is 13.6 Å². The number of phosphoric acid groups is 1. The lowest BCUT2D eigenvalue weighted by molar-refractivity contribution is 0.299. The number of aryl methyl sites for hydroxylation is 2. The van der Waals surface area contributed by atoms with Crippen molar-refractivity contribution in [3.8, 4) is 17.2 Å². The lowest BCUT2D eigenvalue weighted by Crippen LogP contribution is -2.08. The quantitative estimate of drug-likeness (QED) is 0.294. The summed E-state index contributed by atoms with van der Waals surface area (Å²) in [5, 5.41) is 1.81. The van der Waals surface area contributed by atoms with Crippen LogP contribution in [0.4, 0.5) is 0 Å². The highest BCUT2D eigenvalue weighted by Crippen LogP contribution is 2.51. The van der Waals surface area contributed by atoms with Gasteiger partial charge in [0.05, 0.1) is 0 Å². The minimum Gasteiger partial charge on any atom is -0.386 e. The first kappa shape index (κ1) is 20.1. The van der Waals surface area contributed by atoms with Gasteiger partial charge in [-0.3, -0.25) is 0 Å². The second-order valence-corrected chi connectivity index (χ2v) is 8.45. The summed E-state index contributed by atoms with van der Waals surface area (Å²) in [5.41, 5.74) is 2.14. The predicted molar refractivity (Wildman–Crippen MR) is 120 cm³/mol. The first-order chi connectivity index (χ1) is 14.5. The molecule has 1 unspecified atom stereocenters. The molecule has 0 aliphatic heterocycles. The third-order valence-electron chi connectivity index (χ3n) is 4.72. The number of fused-ring (bicyclic) bond motifs is 1. The normalized spacial score (nSPS) is 12.9. The van der Waals surface area contributed by atoms with Gasteiger partial charge in [-0.2, -0.15) is 4.57 Å². The number of phosphoric ester groups is 1. The zero-order chi connectivity index (χ0) is 21.0. The first-order valence-electron chi connectivity index (χ1n) is 9.87. The van der Waals surface area contributed by atoms with Crippen LogP contribution in [0.3, 0.4) is 0 Å². The van der Waals surface area contributed by atoms with Crippen LogP contribution in [0.15, 0.2) is 91.0 Å². The van der Waals surface area contributed by atoms with Crippen LogP contribution in [-0.2, 0) is 11.0 Å². The highest BCUT2D eigenvalue weighted by atomic mass is 31.2. The molecule has 30 heavy (non-hydrogen) atoms. The number of hydrogen-bond donors (Lipinski definition) is 0. The van der Waals surface area contributed by atoms with Crippen molar-refractivity contribution in [3.05, 3.63) is 102 Å². The number of benzene rings is 4. The molecule has 4 aromatic rings. The van der Waals surface area contributed by atoms with Crippen LogP contribution in [0.25, 0.3) is 10.8 Å². The van der Waals surface area contributed by atoms with E-state index in [9.17, 15) is 4.57 Å². The monoisotopic (exact) mass is 418 g/mol. The van der Waals surface area contributed by atoms with E-state index in [4.69, 9.17) is 13.6 Å². The minimum atomic E-state index is -4.03. The van der Waals surface area contributed by atoms with E-state index < -0.39 is 7.82 Å². The first-order valence-corrected chi connectivity index (χ1v) is 11.3. The van der Waals surface area contributed by atoms with E-state index in [2.05, 4.69) is 6.92 Å². The number of hydrogen-bond acceptors (Lipinski definition) is 4. The molecule has 0 radical (unpaired) electrons. The van der Waals surface area contributed by atoms with Crippen molar-refractivity contribution in [2.45, 2.75) is 20.3 Å². The van der Waals surface area contributed by atoms with Crippen LogP contribution in [0.2, 0.25) is 0 Å². The molecule has 4 nitrogen and oxygen atoms in total. The van der Waals surface area contributed by atoms with Crippen LogP contribution in [0.1, 0.15) is 18.1 Å². The van der Waals surface area contributed by atoms with Crippen molar-refractivity contribution >= 4 is 18.6 Å². The van der Waals surface area contributed by atoms with Gasteiger partial charge in [0.1, 0.15) is 17.2 Å². The molecule has 5 heteroatoms. The zero-order valence-electron chi connectivity index (χ0n) is 16.9. The summed E-state index contributed by atoms with van der Waals surface area (Å²) >= 11 is 0. The molecular weight excluding hydrogens is 395 g/mol. The Morgan fingerprint density at radius 1 is 0.733 bits per heavy atom. The molecule has 0 saturated carbocycles. The smallest absolute Gasteiger partial charge is 0.386 e. The molecule has 0 fully saturated rings. The minimum absolute atomic E-state index is 0.420. The van der Waals surface area contributed by atoms with Gasteiger partial charge >= 0.3 is 7.82 Å². The van der Waals surface area contributed by atoms with Crippen molar-refractivity contribution in [1.29, 1.82) is 0 Å². The fraction of sp³-hybridized carbons (Fsp3) is 0.120. The average molecular weight is 418 g/mol. The summed E-state index contributed by atoms with van der Waals surface area (Å²) in [6.45, 7) is 4.01. The maximum atomic E-state index is 13.8. The molecule has 0 aliphatic carbocycles. The van der Waals surface area contributed by atoms with E-state index in [0.717, 1.165) is 28.3 Å². The van der Waals surface area contributed by atoms with Gasteiger partial charge in [-0.25, -0.2) is 0 Å². The molecule has 1 atom stereocenters. The van der Waals surface area contributed by atoms with Gasteiger partial charge in [0.25, 0.3) is 0 Å². The van der Waals surface area contributed by atoms with E-state index in [0.29, 0.717) is 17.2 Å². The topological polar surface area (TPSA) is 44.8 Å². The maximum absolute atomic E-state index is 13.8. The predicted octanol–water partition coefficient (Wildman–Crippen LogP) is 7.36. The molecule has 0 N–H and O–H groups in total. The summed E-state index contributed by atoms with van der Waals surface area (Å²) in [5.74, 6) is 1.28. The molecule has 4 aromatic carbocycles. The molecular formula is C25H23O4P. The average Bonchev–Trinajstić information content (AvgIpc) is 2.74. The van der Waals surface area contributed by atoms with Crippen molar-refractivity contribution in [2.24, 2.45) is 0 Å². The van der Waals surface area contributed by atoms with Crippen LogP contribution in [0.5, 0.6) is 17.2 Å². The second kappa shape index (κ2) is 8.64. The van der Waals surface area contributed by atoms with Crippen LogP contribution in [0, 0.1) is 6.92 Å². The second-order valence-electron chi connectivity index (χ2n) is 7.01. The number of rotatable bonds is 7. The summed E-state index contributed by atoms with van der Waals surface area (Å²) in [7, 11) is -4.03. The Balaban J connectivity index is 1.70. The lowest BCUT2D eigenvalue weighted by Gasteiger charge is -2.20.